The molecule has 0 spiro atoms. The Kier molecular flexibility index (Phi) is 2.43. The average Bonchev–Trinajstić information content (AvgIpc) is 2.04. The molecule has 0 amide bonds. The number of carbonyl (C=O) groups excluding carboxylic acids is 1. The molecule has 12 heavy (non-hydrogen) atoms. The summed E-state index contributed by atoms with van der Waals surface area (Å²) in [6.07, 6.45) is 0. The van der Waals surface area contributed by atoms with Gasteiger partial charge in [0.2, 0.25) is 0 Å². The zero-order valence-electron chi connectivity index (χ0n) is 6.93. The molecule has 0 saturated heterocycles. The van der Waals surface area contributed by atoms with E-state index < -0.39 is 5.82 Å². The van der Waals surface area contributed by atoms with Crippen LogP contribution in [0.1, 0.15) is 17.3 Å². The van der Waals surface area contributed by atoms with Gasteiger partial charge in [-0.15, -0.1) is 0 Å². The monoisotopic (exact) mass is 167 g/mol. The van der Waals surface area contributed by atoms with E-state index in [0.29, 0.717) is 5.75 Å². The summed E-state index contributed by atoms with van der Waals surface area (Å²) in [5.74, 6) is -0.226. The van der Waals surface area contributed by atoms with Crippen molar-refractivity contribution in [3.8, 4) is 5.75 Å². The number of Topliss-reactive ketones (excluding diaryl/α,β-unsaturated/α-hetero) is 1. The number of ether oxygens (including phenoxy) is 1. The van der Waals surface area contributed by atoms with Crippen LogP contribution in [0.5, 0.6) is 5.75 Å². The Bertz CT molecular complexity index is 307. The minimum Gasteiger partial charge on any atom is -0.496 e. The second kappa shape index (κ2) is 3.34. The lowest BCUT2D eigenvalue weighted by Crippen LogP contribution is -1.97. The van der Waals surface area contributed by atoms with Gasteiger partial charge in [0.15, 0.2) is 5.78 Å². The van der Waals surface area contributed by atoms with E-state index in [1.165, 1.54) is 32.2 Å². The molecule has 0 bridgehead atoms. The lowest BCUT2D eigenvalue weighted by atomic mass is 10.1. The summed E-state index contributed by atoms with van der Waals surface area (Å²) in [7, 11) is 1.44. The van der Waals surface area contributed by atoms with Crippen LogP contribution in [0.2, 0.25) is 0 Å². The van der Waals surface area contributed by atoms with E-state index in [1.807, 2.05) is 0 Å². The van der Waals surface area contributed by atoms with Crippen molar-refractivity contribution in [3.05, 3.63) is 29.6 Å². The fraction of sp³-hybridized carbons (Fsp3) is 0.222. The number of halogens is 1. The van der Waals surface area contributed by atoms with Crippen LogP contribution < -0.4 is 4.74 Å². The van der Waals surface area contributed by atoms with Crippen LogP contribution in [0.4, 0.5) is 4.39 Å². The van der Waals surface area contributed by atoms with Crippen molar-refractivity contribution >= 4 is 5.78 Å². The summed E-state index contributed by atoms with van der Waals surface area (Å²) in [4.78, 5) is 10.9. The van der Waals surface area contributed by atoms with Crippen LogP contribution in [0.15, 0.2) is 18.2 Å². The summed E-state index contributed by atoms with van der Waals surface area (Å²) >= 11 is 0. The van der Waals surface area contributed by atoms with Gasteiger partial charge < -0.3 is 4.74 Å². The van der Waals surface area contributed by atoms with Crippen LogP contribution in [-0.2, 0) is 0 Å². The molecule has 0 atom stereocenters. The predicted octanol–water partition coefficient (Wildman–Crippen LogP) is 2.04. The van der Waals surface area contributed by atoms with Gasteiger partial charge in [-0.25, -0.2) is 4.39 Å². The summed E-state index contributed by atoms with van der Waals surface area (Å²) in [5, 5.41) is 0. The van der Waals surface area contributed by atoms with Gasteiger partial charge in [0, 0.05) is 0 Å². The van der Waals surface area contributed by atoms with Crippen LogP contribution >= 0.6 is 0 Å². The lowest BCUT2D eigenvalue weighted by molar-refractivity contribution is 0.101. The van der Waals surface area contributed by atoms with Gasteiger partial charge in [0.25, 0.3) is 0 Å². The number of hydrogen-bond acceptors (Lipinski definition) is 2. The molecule has 0 aliphatic heterocycles. The van der Waals surface area contributed by atoms with Gasteiger partial charge in [-0.2, -0.15) is 0 Å². The molecule has 0 heterocycles. The van der Waals surface area contributed by atoms with Crippen molar-refractivity contribution in [3.63, 3.8) is 0 Å². The number of ketones is 1. The number of methoxy groups -OCH3 is 1. The summed E-state index contributed by atoms with van der Waals surface area (Å²) in [6.45, 7) is 1.37. The first-order valence-electron chi connectivity index (χ1n) is 3.49. The third kappa shape index (κ3) is 1.61. The van der Waals surface area contributed by atoms with Crippen molar-refractivity contribution < 1.29 is 13.9 Å². The maximum absolute atomic E-state index is 12.6. The van der Waals surface area contributed by atoms with E-state index >= 15 is 0 Å². The summed E-state index contributed by atoms with van der Waals surface area (Å²) in [5.41, 5.74) is 0.275. The standard InChI is InChI=1S/C9H9FO2/c1-6(11)8-5-7(10)3-4-9(8)12-2/h3-5H,1-2H3/i10-1. The second-order valence-corrected chi connectivity index (χ2v) is 2.40. The van der Waals surface area contributed by atoms with Crippen molar-refractivity contribution in [2.45, 2.75) is 6.92 Å². The molecule has 3 heteroatoms. The fourth-order valence-electron chi connectivity index (χ4n) is 0.955. The highest BCUT2D eigenvalue weighted by Gasteiger charge is 2.07. The molecule has 1 rings (SSSR count). The molecule has 0 fully saturated rings. The second-order valence-electron chi connectivity index (χ2n) is 2.40. The molecule has 0 saturated carbocycles. The zero-order valence-corrected chi connectivity index (χ0v) is 6.93. The molecule has 0 aliphatic rings. The van der Waals surface area contributed by atoms with Crippen LogP contribution in [0.3, 0.4) is 0 Å². The van der Waals surface area contributed by atoms with E-state index in [0.717, 1.165) is 0 Å². The Balaban J connectivity index is 3.21. The molecule has 0 radical (unpaired) electrons. The number of hydrogen-bond donors (Lipinski definition) is 0. The topological polar surface area (TPSA) is 26.3 Å². The highest BCUT2D eigenvalue weighted by atomic mass is 18.2. The van der Waals surface area contributed by atoms with Gasteiger partial charge in [-0.1, -0.05) is 0 Å². The Labute approximate surface area is 70.0 Å². The molecule has 0 aliphatic carbocycles. The first-order chi connectivity index (χ1) is 5.65. The van der Waals surface area contributed by atoms with Crippen molar-refractivity contribution in [1.29, 1.82) is 0 Å². The molecule has 1 aromatic carbocycles. The minimum absolute atomic E-state index is 0.202. The maximum atomic E-state index is 12.6. The normalized spacial score (nSPS) is 9.58. The molecule has 0 N–H and O–H groups in total. The molecule has 2 nitrogen and oxygen atoms in total. The number of benzene rings is 1. The quantitative estimate of drug-likeness (QED) is 0.630. The first-order valence-corrected chi connectivity index (χ1v) is 3.49. The van der Waals surface area contributed by atoms with Gasteiger partial charge in [0.05, 0.1) is 12.7 Å². The van der Waals surface area contributed by atoms with Gasteiger partial charge in [-0.05, 0) is 25.1 Å². The van der Waals surface area contributed by atoms with E-state index in [9.17, 15) is 9.18 Å². The Morgan fingerprint density at radius 2 is 2.17 bits per heavy atom. The summed E-state index contributed by atoms with van der Waals surface area (Å²) in [6, 6.07) is 3.86. The SMILES string of the molecule is COc1ccc([18F])cc1C(C)=O. The molecular weight excluding hydrogens is 158 g/mol. The smallest absolute Gasteiger partial charge is 0.163 e. The third-order valence-electron chi connectivity index (χ3n) is 1.54. The maximum Gasteiger partial charge on any atom is 0.163 e. The van der Waals surface area contributed by atoms with Crippen LogP contribution in [0, 0.1) is 5.82 Å². The van der Waals surface area contributed by atoms with Crippen LogP contribution in [-0.4, -0.2) is 12.9 Å². The Morgan fingerprint density at radius 1 is 1.50 bits per heavy atom. The lowest BCUT2D eigenvalue weighted by Gasteiger charge is -2.04. The third-order valence-corrected chi connectivity index (χ3v) is 1.54. The number of carbonyl (C=O) groups is 1. The van der Waals surface area contributed by atoms with Gasteiger partial charge in [0.1, 0.15) is 11.6 Å². The molecule has 0 aromatic heterocycles. The zero-order chi connectivity index (χ0) is 9.14. The fourth-order valence-corrected chi connectivity index (χ4v) is 0.955. The Morgan fingerprint density at radius 3 is 2.67 bits per heavy atom. The average molecular weight is 167 g/mol. The number of rotatable bonds is 2. The summed E-state index contributed by atoms with van der Waals surface area (Å²) < 4.78 is 17.5. The van der Waals surface area contributed by atoms with E-state index in [2.05, 4.69) is 0 Å². The van der Waals surface area contributed by atoms with Crippen molar-refractivity contribution in [1.82, 2.24) is 0 Å². The van der Waals surface area contributed by atoms with Gasteiger partial charge >= 0.3 is 0 Å². The molecular formula is C9H9FO2. The highest BCUT2D eigenvalue weighted by molar-refractivity contribution is 5.96. The van der Waals surface area contributed by atoms with Crippen molar-refractivity contribution in [2.24, 2.45) is 0 Å². The van der Waals surface area contributed by atoms with Crippen LogP contribution in [0.25, 0.3) is 0 Å². The largest absolute Gasteiger partial charge is 0.496 e. The molecule has 64 valence electrons. The van der Waals surface area contributed by atoms with Crippen molar-refractivity contribution in [2.75, 3.05) is 7.11 Å². The Hall–Kier alpha value is -1.38. The van der Waals surface area contributed by atoms with Gasteiger partial charge in [-0.3, -0.25) is 4.79 Å². The predicted molar refractivity (Wildman–Crippen MR) is 43.0 cm³/mol. The van der Waals surface area contributed by atoms with E-state index in [4.69, 9.17) is 4.74 Å². The highest BCUT2D eigenvalue weighted by Crippen LogP contribution is 2.19. The van der Waals surface area contributed by atoms with E-state index in [-0.39, 0.29) is 11.3 Å². The minimum atomic E-state index is -0.430. The van der Waals surface area contributed by atoms with E-state index in [1.54, 1.807) is 0 Å². The molecule has 0 unspecified atom stereocenters. The molecule has 1 aromatic rings. The first kappa shape index (κ1) is 8.71.